The normalized spacial score (nSPS) is 10.6. The van der Waals surface area contributed by atoms with Crippen molar-refractivity contribution < 1.29 is 18.3 Å². The van der Waals surface area contributed by atoms with Crippen LogP contribution in [-0.2, 0) is 5.75 Å². The third-order valence-electron chi connectivity index (χ3n) is 3.04. The molecule has 6 heteroatoms. The lowest BCUT2D eigenvalue weighted by Crippen LogP contribution is -2.13. The number of rotatable bonds is 7. The first kappa shape index (κ1) is 17.3. The highest BCUT2D eigenvalue weighted by Gasteiger charge is 2.12. The van der Waals surface area contributed by atoms with Crippen molar-refractivity contribution in [1.82, 2.24) is 0 Å². The molecule has 0 aliphatic rings. The number of hydrogen-bond acceptors (Lipinski definition) is 3. The molecule has 23 heavy (non-hydrogen) atoms. The first-order valence-corrected chi connectivity index (χ1v) is 8.27. The van der Waals surface area contributed by atoms with Crippen molar-refractivity contribution in [3.8, 4) is 5.75 Å². The van der Waals surface area contributed by atoms with Gasteiger partial charge >= 0.3 is 6.61 Å². The second-order valence-corrected chi connectivity index (χ2v) is 5.94. The summed E-state index contributed by atoms with van der Waals surface area (Å²) in [7, 11) is 0. The number of alkyl halides is 2. The number of carbonyl (C=O) groups excluding carboxylic acids is 1. The van der Waals surface area contributed by atoms with Crippen molar-refractivity contribution in [2.75, 3.05) is 11.1 Å². The molecule has 0 aliphatic carbocycles. The van der Waals surface area contributed by atoms with Gasteiger partial charge in [-0.3, -0.25) is 4.79 Å². The Morgan fingerprint density at radius 2 is 1.87 bits per heavy atom. The van der Waals surface area contributed by atoms with E-state index in [1.165, 1.54) is 12.1 Å². The molecule has 2 aromatic rings. The number of benzene rings is 2. The van der Waals surface area contributed by atoms with Gasteiger partial charge < -0.3 is 10.1 Å². The number of para-hydroxylation sites is 2. The Hall–Kier alpha value is -2.08. The van der Waals surface area contributed by atoms with Crippen LogP contribution >= 0.6 is 11.8 Å². The Labute approximate surface area is 138 Å². The molecule has 0 unspecified atom stereocenters. The molecule has 0 saturated carbocycles. The number of halogens is 2. The van der Waals surface area contributed by atoms with E-state index in [0.717, 1.165) is 17.1 Å². The van der Waals surface area contributed by atoms with Gasteiger partial charge in [0.15, 0.2) is 0 Å². The van der Waals surface area contributed by atoms with Crippen molar-refractivity contribution in [2.45, 2.75) is 19.3 Å². The van der Waals surface area contributed by atoms with Crippen LogP contribution in [-0.4, -0.2) is 18.3 Å². The van der Waals surface area contributed by atoms with Gasteiger partial charge in [0.2, 0.25) is 0 Å². The molecular formula is C17H17F2NO2S. The highest BCUT2D eigenvalue weighted by molar-refractivity contribution is 7.98. The average molecular weight is 337 g/mol. The molecular weight excluding hydrogens is 320 g/mol. The summed E-state index contributed by atoms with van der Waals surface area (Å²) in [5.41, 5.74) is 1.81. The Morgan fingerprint density at radius 3 is 2.52 bits per heavy atom. The van der Waals surface area contributed by atoms with E-state index in [9.17, 15) is 13.6 Å². The van der Waals surface area contributed by atoms with Crippen molar-refractivity contribution in [3.05, 3.63) is 59.7 Å². The molecule has 0 heterocycles. The van der Waals surface area contributed by atoms with Crippen LogP contribution in [0.15, 0.2) is 48.5 Å². The molecule has 122 valence electrons. The standard InChI is InChI=1S/C17H17F2NO2S/c1-2-23-11-12-7-9-13(10-8-12)16(21)20-14-5-3-4-6-15(14)22-17(18)19/h3-10,17H,2,11H2,1H3,(H,20,21). The summed E-state index contributed by atoms with van der Waals surface area (Å²) >= 11 is 1.80. The van der Waals surface area contributed by atoms with Gasteiger partial charge in [0, 0.05) is 11.3 Å². The summed E-state index contributed by atoms with van der Waals surface area (Å²) in [6.45, 7) is -0.853. The molecule has 2 aromatic carbocycles. The summed E-state index contributed by atoms with van der Waals surface area (Å²) in [6, 6.07) is 13.3. The van der Waals surface area contributed by atoms with Crippen molar-refractivity contribution >= 4 is 23.4 Å². The lowest BCUT2D eigenvalue weighted by atomic mass is 10.1. The van der Waals surface area contributed by atoms with Gasteiger partial charge in [-0.2, -0.15) is 20.5 Å². The minimum atomic E-state index is -2.94. The number of thioether (sulfide) groups is 1. The molecule has 1 amide bonds. The van der Waals surface area contributed by atoms with Crippen LogP contribution < -0.4 is 10.1 Å². The van der Waals surface area contributed by atoms with Crippen LogP contribution in [0.3, 0.4) is 0 Å². The van der Waals surface area contributed by atoms with Gasteiger partial charge in [-0.05, 0) is 35.6 Å². The molecule has 3 nitrogen and oxygen atoms in total. The minimum absolute atomic E-state index is 0.0631. The fourth-order valence-electron chi connectivity index (χ4n) is 1.94. The van der Waals surface area contributed by atoms with Gasteiger partial charge in [0.1, 0.15) is 5.75 Å². The first-order valence-electron chi connectivity index (χ1n) is 7.12. The third-order valence-corrected chi connectivity index (χ3v) is 3.99. The summed E-state index contributed by atoms with van der Waals surface area (Å²) < 4.78 is 29.1. The Kier molecular flexibility index (Phi) is 6.40. The van der Waals surface area contributed by atoms with Crippen LogP contribution in [0.1, 0.15) is 22.8 Å². The summed E-state index contributed by atoms with van der Waals surface area (Å²) in [4.78, 5) is 12.2. The van der Waals surface area contributed by atoms with Crippen LogP contribution in [0.25, 0.3) is 0 Å². The SMILES string of the molecule is CCSCc1ccc(C(=O)Nc2ccccc2OC(F)F)cc1. The first-order chi connectivity index (χ1) is 11.1. The second-order valence-electron chi connectivity index (χ2n) is 4.66. The van der Waals surface area contributed by atoms with E-state index in [2.05, 4.69) is 17.0 Å². The lowest BCUT2D eigenvalue weighted by molar-refractivity contribution is -0.0493. The van der Waals surface area contributed by atoms with Gasteiger partial charge in [-0.25, -0.2) is 0 Å². The maximum absolute atomic E-state index is 12.4. The van der Waals surface area contributed by atoms with E-state index < -0.39 is 6.61 Å². The Bertz CT molecular complexity index is 647. The molecule has 0 spiro atoms. The zero-order valence-corrected chi connectivity index (χ0v) is 13.4. The number of nitrogens with one attached hydrogen (secondary N) is 1. The van der Waals surface area contributed by atoms with E-state index in [4.69, 9.17) is 0 Å². The van der Waals surface area contributed by atoms with Crippen LogP contribution in [0.2, 0.25) is 0 Å². The van der Waals surface area contributed by atoms with Crippen LogP contribution in [0.4, 0.5) is 14.5 Å². The van der Waals surface area contributed by atoms with Gasteiger partial charge in [0.05, 0.1) is 5.69 Å². The Morgan fingerprint density at radius 1 is 1.17 bits per heavy atom. The smallest absolute Gasteiger partial charge is 0.387 e. The van der Waals surface area contributed by atoms with E-state index in [1.807, 2.05) is 12.1 Å². The number of hydrogen-bond donors (Lipinski definition) is 1. The maximum Gasteiger partial charge on any atom is 0.387 e. The maximum atomic E-state index is 12.4. The predicted molar refractivity (Wildman–Crippen MR) is 89.3 cm³/mol. The molecule has 1 N–H and O–H groups in total. The molecule has 0 bridgehead atoms. The van der Waals surface area contributed by atoms with Crippen molar-refractivity contribution in [2.24, 2.45) is 0 Å². The largest absolute Gasteiger partial charge is 0.433 e. The lowest BCUT2D eigenvalue weighted by Gasteiger charge is -2.11. The minimum Gasteiger partial charge on any atom is -0.433 e. The van der Waals surface area contributed by atoms with Gasteiger partial charge in [-0.15, -0.1) is 0 Å². The number of ether oxygens (including phenoxy) is 1. The summed E-state index contributed by atoms with van der Waals surface area (Å²) in [6.07, 6.45) is 0. The van der Waals surface area contributed by atoms with Crippen LogP contribution in [0, 0.1) is 0 Å². The van der Waals surface area contributed by atoms with Crippen LogP contribution in [0.5, 0.6) is 5.75 Å². The molecule has 0 radical (unpaired) electrons. The average Bonchev–Trinajstić information content (AvgIpc) is 2.54. The highest BCUT2D eigenvalue weighted by Crippen LogP contribution is 2.26. The molecule has 0 saturated heterocycles. The molecule has 0 aliphatic heterocycles. The third kappa shape index (κ3) is 5.25. The zero-order valence-electron chi connectivity index (χ0n) is 12.6. The Balaban J connectivity index is 2.07. The molecule has 0 aromatic heterocycles. The van der Waals surface area contributed by atoms with E-state index in [1.54, 1.807) is 36.0 Å². The fourth-order valence-corrected chi connectivity index (χ4v) is 2.57. The summed E-state index contributed by atoms with van der Waals surface area (Å²) in [5, 5.41) is 2.59. The number of anilines is 1. The highest BCUT2D eigenvalue weighted by atomic mass is 32.2. The van der Waals surface area contributed by atoms with E-state index in [0.29, 0.717) is 5.56 Å². The van der Waals surface area contributed by atoms with Gasteiger partial charge in [-0.1, -0.05) is 31.2 Å². The predicted octanol–water partition coefficient (Wildman–Crippen LogP) is 4.79. The zero-order chi connectivity index (χ0) is 16.7. The topological polar surface area (TPSA) is 38.3 Å². The molecule has 2 rings (SSSR count). The van der Waals surface area contributed by atoms with Gasteiger partial charge in [0.25, 0.3) is 5.91 Å². The summed E-state index contributed by atoms with van der Waals surface area (Å²) in [5.74, 6) is 1.49. The second kappa shape index (κ2) is 8.53. The monoisotopic (exact) mass is 337 g/mol. The van der Waals surface area contributed by atoms with Crippen molar-refractivity contribution in [3.63, 3.8) is 0 Å². The van der Waals surface area contributed by atoms with E-state index in [-0.39, 0.29) is 17.3 Å². The molecule has 0 atom stereocenters. The molecule has 0 fully saturated rings. The quantitative estimate of drug-likeness (QED) is 0.789. The van der Waals surface area contributed by atoms with E-state index >= 15 is 0 Å². The number of carbonyl (C=O) groups is 1. The fraction of sp³-hybridized carbons (Fsp3) is 0.235. The van der Waals surface area contributed by atoms with Crippen molar-refractivity contribution in [1.29, 1.82) is 0 Å². The number of amides is 1.